The molecular formula is C78H60N6. The van der Waals surface area contributed by atoms with E-state index < -0.39 is 0 Å². The molecule has 0 fully saturated rings. The van der Waals surface area contributed by atoms with Crippen molar-refractivity contribution >= 4 is 0 Å². The summed E-state index contributed by atoms with van der Waals surface area (Å²) in [7, 11) is 0. The molecule has 0 N–H and O–H groups in total. The van der Waals surface area contributed by atoms with Gasteiger partial charge in [0.15, 0.2) is 17.5 Å². The smallest absolute Gasteiger partial charge is 0.164 e. The van der Waals surface area contributed by atoms with Crippen molar-refractivity contribution in [3.63, 3.8) is 0 Å². The number of rotatable bonds is 9. The van der Waals surface area contributed by atoms with E-state index in [1.807, 2.05) is 54.6 Å². The molecule has 12 aromatic carbocycles. The molecule has 14 rings (SSSR count). The fraction of sp³-hybridized carbons (Fsp3) is 0. The number of nitrogens with zero attached hydrogens (tertiary/aromatic N) is 6. The van der Waals surface area contributed by atoms with Crippen LogP contribution in [0.25, 0.3) is 101 Å². The van der Waals surface area contributed by atoms with Crippen LogP contribution >= 0.6 is 0 Å². The lowest BCUT2D eigenvalue weighted by molar-refractivity contribution is 0.865. The zero-order valence-electron chi connectivity index (χ0n) is 46.3. The molecule has 84 heavy (non-hydrogen) atoms. The van der Waals surface area contributed by atoms with E-state index >= 15 is 0 Å². The Hall–Kier alpha value is -11.3. The zero-order valence-corrected chi connectivity index (χ0v) is 46.3. The van der Waals surface area contributed by atoms with Crippen molar-refractivity contribution in [1.82, 2.24) is 30.4 Å². The zero-order chi connectivity index (χ0) is 57.1. The average molecular weight is 1080 g/mol. The Bertz CT molecular complexity index is 3520. The summed E-state index contributed by atoms with van der Waals surface area (Å²) in [4.78, 5) is 14.8. The van der Waals surface area contributed by atoms with E-state index in [2.05, 4.69) is 307 Å². The number of aromatic nitrogens is 6. The van der Waals surface area contributed by atoms with Crippen LogP contribution in [0.4, 0.5) is 0 Å². The second-order valence-electron chi connectivity index (χ2n) is 19.1. The standard InChI is InChI=1S/C39H27N3.3C12H10.C3H3N3/c1-4-10-28(11-5-1)31-16-22-34(23-17-31)37-40-38(35-24-18-32(19-25-35)29-12-6-2-7-13-29)42-39(41-37)36-26-20-33(21-27-36)30-14-8-3-9-15-30;3*1-3-7-11(8-4-1)12-9-5-2-6-10-12;1-2-4-6-5-3-1/h1-27H;3*1-10H;1-3H. The Labute approximate surface area is 492 Å². The van der Waals surface area contributed by atoms with E-state index in [4.69, 9.17) is 15.0 Å². The molecule has 0 saturated carbocycles. The first-order valence-electron chi connectivity index (χ1n) is 27.8. The Kier molecular flexibility index (Phi) is 20.2. The molecule has 0 atom stereocenters. The van der Waals surface area contributed by atoms with Crippen molar-refractivity contribution in [2.45, 2.75) is 0 Å². The van der Waals surface area contributed by atoms with Crippen LogP contribution in [0.3, 0.4) is 0 Å². The fourth-order valence-corrected chi connectivity index (χ4v) is 9.08. The van der Waals surface area contributed by atoms with Crippen molar-refractivity contribution in [1.29, 1.82) is 0 Å². The maximum atomic E-state index is 4.95. The predicted molar refractivity (Wildman–Crippen MR) is 348 cm³/mol. The molecule has 0 radical (unpaired) electrons. The van der Waals surface area contributed by atoms with Crippen LogP contribution in [-0.4, -0.2) is 30.4 Å². The van der Waals surface area contributed by atoms with E-state index in [0.717, 1.165) is 33.4 Å². The van der Waals surface area contributed by atoms with Crippen molar-refractivity contribution < 1.29 is 0 Å². The van der Waals surface area contributed by atoms with E-state index in [9.17, 15) is 0 Å². The van der Waals surface area contributed by atoms with Crippen molar-refractivity contribution in [3.8, 4) is 101 Å². The highest BCUT2D eigenvalue weighted by atomic mass is 15.3. The minimum absolute atomic E-state index is 0.647. The molecule has 14 aromatic rings. The van der Waals surface area contributed by atoms with Gasteiger partial charge in [-0.1, -0.05) is 346 Å². The summed E-state index contributed by atoms with van der Waals surface area (Å²) in [6.45, 7) is 0. The highest BCUT2D eigenvalue weighted by Gasteiger charge is 2.14. The highest BCUT2D eigenvalue weighted by molar-refractivity contribution is 5.74. The first-order chi connectivity index (χ1) is 41.7. The molecule has 0 spiro atoms. The van der Waals surface area contributed by atoms with Gasteiger partial charge >= 0.3 is 0 Å². The molecule has 6 nitrogen and oxygen atoms in total. The van der Waals surface area contributed by atoms with E-state index in [1.165, 1.54) is 50.1 Å². The van der Waals surface area contributed by atoms with Crippen LogP contribution in [0.1, 0.15) is 0 Å². The first kappa shape index (κ1) is 56.0. The third kappa shape index (κ3) is 16.4. The van der Waals surface area contributed by atoms with Crippen LogP contribution in [0.5, 0.6) is 0 Å². The SMILES string of the molecule is c1ccc(-c2ccc(-c3nc(-c4ccc(-c5ccccc5)cc4)nc(-c4ccc(-c5ccccc5)cc4)n3)cc2)cc1.c1ccc(-c2ccccc2)cc1.c1ccc(-c2ccccc2)cc1.c1ccc(-c2ccccc2)cc1.c1cnnnc1. The monoisotopic (exact) mass is 1080 g/mol. The van der Waals surface area contributed by atoms with Gasteiger partial charge in [0.05, 0.1) is 12.4 Å². The molecule has 0 amide bonds. The van der Waals surface area contributed by atoms with Crippen molar-refractivity contribution in [2.75, 3.05) is 0 Å². The van der Waals surface area contributed by atoms with Gasteiger partial charge in [0.1, 0.15) is 0 Å². The quantitative estimate of drug-likeness (QED) is 0.143. The Morgan fingerprint density at radius 3 is 0.405 bits per heavy atom. The number of hydrogen-bond acceptors (Lipinski definition) is 6. The first-order valence-corrected chi connectivity index (χ1v) is 27.8. The molecular weight excluding hydrogens is 1020 g/mol. The van der Waals surface area contributed by atoms with Gasteiger partial charge in [0, 0.05) is 16.7 Å². The maximum absolute atomic E-state index is 4.95. The molecule has 0 saturated heterocycles. The Morgan fingerprint density at radius 1 is 0.131 bits per heavy atom. The Morgan fingerprint density at radius 2 is 0.274 bits per heavy atom. The van der Waals surface area contributed by atoms with Crippen molar-refractivity contribution in [2.24, 2.45) is 0 Å². The molecule has 0 aliphatic rings. The minimum atomic E-state index is 0.647. The molecule has 402 valence electrons. The number of hydrogen-bond donors (Lipinski definition) is 0. The fourth-order valence-electron chi connectivity index (χ4n) is 9.08. The van der Waals surface area contributed by atoms with Crippen LogP contribution in [0.2, 0.25) is 0 Å². The minimum Gasteiger partial charge on any atom is -0.208 e. The van der Waals surface area contributed by atoms with Crippen LogP contribution in [0, 0.1) is 0 Å². The molecule has 0 aliphatic heterocycles. The van der Waals surface area contributed by atoms with Gasteiger partial charge < -0.3 is 0 Å². The van der Waals surface area contributed by atoms with Gasteiger partial charge in [0.25, 0.3) is 0 Å². The number of benzene rings is 12. The summed E-state index contributed by atoms with van der Waals surface area (Å²) >= 11 is 0. The predicted octanol–water partition coefficient (Wildman–Crippen LogP) is 19.8. The second kappa shape index (κ2) is 30.3. The van der Waals surface area contributed by atoms with Gasteiger partial charge in [-0.3, -0.25) is 0 Å². The second-order valence-corrected chi connectivity index (χ2v) is 19.1. The molecule has 6 heteroatoms. The van der Waals surface area contributed by atoms with Crippen LogP contribution < -0.4 is 0 Å². The van der Waals surface area contributed by atoms with Gasteiger partial charge in [-0.05, 0) is 78.0 Å². The average Bonchev–Trinajstić information content (AvgIpc) is 3.73. The molecule has 0 aliphatic carbocycles. The largest absolute Gasteiger partial charge is 0.208 e. The summed E-state index contributed by atoms with van der Waals surface area (Å²) in [5.41, 5.74) is 17.5. The topological polar surface area (TPSA) is 77.3 Å². The lowest BCUT2D eigenvalue weighted by Gasteiger charge is -2.10. The third-order valence-corrected chi connectivity index (χ3v) is 13.4. The van der Waals surface area contributed by atoms with E-state index in [1.54, 1.807) is 18.5 Å². The van der Waals surface area contributed by atoms with Gasteiger partial charge in [0.2, 0.25) is 0 Å². The summed E-state index contributed by atoms with van der Waals surface area (Å²) in [5, 5.41) is 10.1. The molecule has 0 unspecified atom stereocenters. The maximum Gasteiger partial charge on any atom is 0.164 e. The molecule has 2 heterocycles. The van der Waals surface area contributed by atoms with Gasteiger partial charge in [-0.25, -0.2) is 15.0 Å². The lowest BCUT2D eigenvalue weighted by Crippen LogP contribution is -2.00. The lowest BCUT2D eigenvalue weighted by atomic mass is 10.0. The summed E-state index contributed by atoms with van der Waals surface area (Å²) < 4.78 is 0. The highest BCUT2D eigenvalue weighted by Crippen LogP contribution is 2.30. The van der Waals surface area contributed by atoms with Crippen LogP contribution in [-0.2, 0) is 0 Å². The van der Waals surface area contributed by atoms with Crippen molar-refractivity contribution in [3.05, 3.63) is 364 Å². The third-order valence-electron chi connectivity index (χ3n) is 13.4. The van der Waals surface area contributed by atoms with E-state index in [-0.39, 0.29) is 0 Å². The summed E-state index contributed by atoms with van der Waals surface area (Å²) in [5.74, 6) is 1.94. The van der Waals surface area contributed by atoms with Gasteiger partial charge in [-0.15, -0.1) is 10.2 Å². The summed E-state index contributed by atoms with van der Waals surface area (Å²) in [6, 6.07) is 120. The molecule has 0 bridgehead atoms. The van der Waals surface area contributed by atoms with Gasteiger partial charge in [-0.2, -0.15) is 0 Å². The van der Waals surface area contributed by atoms with E-state index in [0.29, 0.717) is 17.5 Å². The van der Waals surface area contributed by atoms with Crippen LogP contribution in [0.15, 0.2) is 364 Å². The Balaban J connectivity index is 0.000000149. The summed E-state index contributed by atoms with van der Waals surface area (Å²) in [6.07, 6.45) is 3.15. The normalized spacial score (nSPS) is 10.1. The molecule has 2 aromatic heterocycles.